The van der Waals surface area contributed by atoms with E-state index in [0.717, 1.165) is 63.0 Å². The van der Waals surface area contributed by atoms with E-state index in [1.807, 2.05) is 0 Å². The van der Waals surface area contributed by atoms with E-state index in [2.05, 4.69) is 214 Å². The molecule has 2 aliphatic rings. The molecule has 0 N–H and O–H groups in total. The summed E-state index contributed by atoms with van der Waals surface area (Å²) < 4.78 is 6.97. The molecule has 6 nitrogen and oxygen atoms in total. The van der Waals surface area contributed by atoms with E-state index in [0.29, 0.717) is 0 Å². The topological polar surface area (TPSA) is 43.8 Å². The van der Waals surface area contributed by atoms with Gasteiger partial charge in [0.05, 0.1) is 39.0 Å². The van der Waals surface area contributed by atoms with Crippen LogP contribution in [0, 0.1) is 0 Å². The van der Waals surface area contributed by atoms with Gasteiger partial charge in [-0.15, -0.1) is 0 Å². The summed E-state index contributed by atoms with van der Waals surface area (Å²) in [7, 11) is 0. The number of rotatable bonds is 4. The van der Waals surface area contributed by atoms with Gasteiger partial charge in [0.2, 0.25) is 0 Å². The maximum atomic E-state index is 5.51. The van der Waals surface area contributed by atoms with Gasteiger partial charge in [-0.3, -0.25) is 18.6 Å². The van der Waals surface area contributed by atoms with E-state index in [9.17, 15) is 0 Å². The number of pyridine rings is 2. The minimum Gasteiger partial charge on any atom is -0.297 e. The fourth-order valence-corrected chi connectivity index (χ4v) is 10.4. The van der Waals surface area contributed by atoms with Crippen LogP contribution in [0.25, 0.3) is 78.0 Å². The first-order valence-corrected chi connectivity index (χ1v) is 20.3. The van der Waals surface area contributed by atoms with Crippen LogP contribution in [-0.2, 0) is 11.8 Å². The first-order chi connectivity index (χ1) is 29.2. The Bertz CT molecular complexity index is 3470. The molecule has 1 unspecified atom stereocenters. The van der Waals surface area contributed by atoms with Crippen molar-refractivity contribution in [3.63, 3.8) is 0 Å². The average molecular weight is 757 g/mol. The van der Waals surface area contributed by atoms with Crippen LogP contribution in [0.5, 0.6) is 0 Å². The Morgan fingerprint density at radius 1 is 0.407 bits per heavy atom. The van der Waals surface area contributed by atoms with Crippen LogP contribution in [0.4, 0.5) is 11.5 Å². The van der Waals surface area contributed by atoms with E-state index in [1.54, 1.807) is 0 Å². The fraction of sp³-hybridized carbons (Fsp3) is 0.0566. The Balaban J connectivity index is 1.02. The highest BCUT2D eigenvalue weighted by Crippen LogP contribution is 2.56. The molecule has 1 atom stereocenters. The first kappa shape index (κ1) is 32.4. The van der Waals surface area contributed by atoms with Crippen LogP contribution in [0.3, 0.4) is 0 Å². The highest BCUT2D eigenvalue weighted by atomic mass is 15.3. The number of allylic oxidation sites excluding steroid dienone is 1. The third kappa shape index (κ3) is 4.40. The van der Waals surface area contributed by atoms with Gasteiger partial charge in [0.25, 0.3) is 0 Å². The lowest BCUT2D eigenvalue weighted by Gasteiger charge is -2.33. The third-order valence-electron chi connectivity index (χ3n) is 12.9. The van der Waals surface area contributed by atoms with Gasteiger partial charge < -0.3 is 0 Å². The largest absolute Gasteiger partial charge is 0.297 e. The van der Waals surface area contributed by atoms with Gasteiger partial charge in [0.1, 0.15) is 23.3 Å². The predicted molar refractivity (Wildman–Crippen MR) is 242 cm³/mol. The Labute approximate surface area is 340 Å². The zero-order chi connectivity index (χ0) is 38.8. The van der Waals surface area contributed by atoms with Gasteiger partial charge >= 0.3 is 0 Å². The molecule has 278 valence electrons. The number of hydrogen-bond donors (Lipinski definition) is 0. The number of aromatic nitrogens is 5. The second-order valence-electron chi connectivity index (χ2n) is 16.1. The van der Waals surface area contributed by atoms with Gasteiger partial charge in [-0.2, -0.15) is 0 Å². The molecule has 0 radical (unpaired) electrons. The molecule has 6 heterocycles. The molecule has 0 bridgehead atoms. The summed E-state index contributed by atoms with van der Waals surface area (Å²) >= 11 is 0. The van der Waals surface area contributed by atoms with Gasteiger partial charge in [-0.25, -0.2) is 9.97 Å². The fourth-order valence-electron chi connectivity index (χ4n) is 10.4. The van der Waals surface area contributed by atoms with Crippen LogP contribution in [0.1, 0.15) is 23.7 Å². The highest BCUT2D eigenvalue weighted by molar-refractivity contribution is 6.10. The molecule has 0 fully saturated rings. The SMILES string of the molecule is CC12Cc3c(n(-c4cccc(-n5c6ccccc6c6ccccc65)n4)c4ccccc34)C=C1N(c1cccc(-n3c4ccccc4c4ccccc43)n1)c1ccccc12. The minimum atomic E-state index is -0.290. The second-order valence-corrected chi connectivity index (χ2v) is 16.1. The molecule has 0 spiro atoms. The van der Waals surface area contributed by atoms with Crippen molar-refractivity contribution in [1.29, 1.82) is 0 Å². The molecule has 1 aliphatic heterocycles. The van der Waals surface area contributed by atoms with Gasteiger partial charge in [0.15, 0.2) is 0 Å². The minimum absolute atomic E-state index is 0.290. The summed E-state index contributed by atoms with van der Waals surface area (Å²) in [5.74, 6) is 3.56. The molecule has 6 aromatic carbocycles. The molecule has 6 heteroatoms. The molecule has 11 aromatic rings. The monoisotopic (exact) mass is 756 g/mol. The molecule has 59 heavy (non-hydrogen) atoms. The molecule has 0 saturated heterocycles. The lowest BCUT2D eigenvalue weighted by Crippen LogP contribution is -2.31. The van der Waals surface area contributed by atoms with Crippen molar-refractivity contribution in [2.45, 2.75) is 18.8 Å². The van der Waals surface area contributed by atoms with E-state index in [1.165, 1.54) is 49.4 Å². The Kier molecular flexibility index (Phi) is 6.54. The quantitative estimate of drug-likeness (QED) is 0.180. The van der Waals surface area contributed by atoms with Crippen molar-refractivity contribution in [2.24, 2.45) is 0 Å². The number of para-hydroxylation sites is 6. The van der Waals surface area contributed by atoms with E-state index < -0.39 is 0 Å². The molecule has 0 amide bonds. The molecular weight excluding hydrogens is 721 g/mol. The number of nitrogens with zero attached hydrogens (tertiary/aromatic N) is 6. The average Bonchev–Trinajstić information content (AvgIpc) is 3.99. The zero-order valence-electron chi connectivity index (χ0n) is 32.3. The number of hydrogen-bond acceptors (Lipinski definition) is 3. The van der Waals surface area contributed by atoms with Gasteiger partial charge in [-0.05, 0) is 91.2 Å². The van der Waals surface area contributed by atoms with Crippen molar-refractivity contribution < 1.29 is 0 Å². The van der Waals surface area contributed by atoms with Crippen molar-refractivity contribution >= 4 is 72.1 Å². The molecule has 13 rings (SSSR count). The normalized spacial score (nSPS) is 15.9. The lowest BCUT2D eigenvalue weighted by atomic mass is 9.73. The maximum absolute atomic E-state index is 5.51. The van der Waals surface area contributed by atoms with E-state index in [-0.39, 0.29) is 5.41 Å². The van der Waals surface area contributed by atoms with Crippen LogP contribution >= 0.6 is 0 Å². The molecule has 1 aliphatic carbocycles. The Hall–Kier alpha value is -7.70. The van der Waals surface area contributed by atoms with Gasteiger partial charge in [0, 0.05) is 38.0 Å². The molecule has 0 saturated carbocycles. The van der Waals surface area contributed by atoms with Crippen LogP contribution in [-0.4, -0.2) is 23.7 Å². The maximum Gasteiger partial charge on any atom is 0.140 e. The summed E-state index contributed by atoms with van der Waals surface area (Å²) in [6.45, 7) is 2.41. The van der Waals surface area contributed by atoms with Crippen LogP contribution < -0.4 is 4.90 Å². The summed E-state index contributed by atoms with van der Waals surface area (Å²) in [5, 5.41) is 6.14. The Morgan fingerprint density at radius 3 is 1.36 bits per heavy atom. The number of fused-ring (bicyclic) bond motifs is 12. The Morgan fingerprint density at radius 2 is 0.814 bits per heavy atom. The highest BCUT2D eigenvalue weighted by Gasteiger charge is 2.48. The summed E-state index contributed by atoms with van der Waals surface area (Å²) in [6.07, 6.45) is 3.26. The van der Waals surface area contributed by atoms with Crippen molar-refractivity contribution in [1.82, 2.24) is 23.7 Å². The zero-order valence-corrected chi connectivity index (χ0v) is 32.3. The van der Waals surface area contributed by atoms with E-state index in [4.69, 9.17) is 9.97 Å². The summed E-state index contributed by atoms with van der Waals surface area (Å²) in [5.41, 5.74) is 11.6. The molecule has 5 aromatic heterocycles. The van der Waals surface area contributed by atoms with Crippen LogP contribution in [0.2, 0.25) is 0 Å². The number of benzene rings is 6. The van der Waals surface area contributed by atoms with Crippen LogP contribution in [0.15, 0.2) is 188 Å². The predicted octanol–water partition coefficient (Wildman–Crippen LogP) is 12.6. The standard InChI is InChI=1S/C53H36N6/c1-53-33-39-38-20-6-12-26-45(38)58(51-30-14-28-49(54-51)56-41-22-8-2-16-34(41)35-17-3-9-23-42(35)56)47(39)32-48(53)59(46-27-13-7-21-40(46)53)52-31-15-29-50(55-52)57-43-24-10-4-18-36(43)37-19-5-11-25-44(37)57/h2-32H,33H2,1H3. The summed E-state index contributed by atoms with van der Waals surface area (Å²) in [4.78, 5) is 13.4. The van der Waals surface area contributed by atoms with Crippen molar-refractivity contribution in [3.8, 4) is 17.5 Å². The van der Waals surface area contributed by atoms with Crippen molar-refractivity contribution in [3.05, 3.63) is 205 Å². The smallest absolute Gasteiger partial charge is 0.140 e. The van der Waals surface area contributed by atoms with Gasteiger partial charge in [-0.1, -0.05) is 121 Å². The van der Waals surface area contributed by atoms with E-state index >= 15 is 0 Å². The lowest BCUT2D eigenvalue weighted by molar-refractivity contribution is 0.566. The first-order valence-electron chi connectivity index (χ1n) is 20.3. The third-order valence-corrected chi connectivity index (χ3v) is 12.9. The van der Waals surface area contributed by atoms with Crippen molar-refractivity contribution in [2.75, 3.05) is 4.90 Å². The summed E-state index contributed by atoms with van der Waals surface area (Å²) in [6, 6.07) is 65.1. The molecular formula is C53H36N6. The number of anilines is 2. The second kappa shape index (κ2) is 11.9.